The topological polar surface area (TPSA) is 82.4 Å². The number of ether oxygens (including phenoxy) is 2. The molecule has 0 bridgehead atoms. The molecule has 0 aliphatic carbocycles. The molecule has 0 aliphatic rings. The van der Waals surface area contributed by atoms with Gasteiger partial charge in [-0.3, -0.25) is 9.59 Å². The highest BCUT2D eigenvalue weighted by molar-refractivity contribution is 6.02. The molecule has 3 rings (SSSR count). The number of aryl methyl sites for hydroxylation is 1. The minimum atomic E-state index is -4.54. The quantitative estimate of drug-likeness (QED) is 0.465. The number of amides is 1. The van der Waals surface area contributed by atoms with Crippen molar-refractivity contribution >= 4 is 11.6 Å². The monoisotopic (exact) mass is 475 g/mol. The Morgan fingerprint density at radius 2 is 1.79 bits per heavy atom. The van der Waals surface area contributed by atoms with E-state index in [1.807, 2.05) is 13.0 Å². The van der Waals surface area contributed by atoms with Gasteiger partial charge >= 0.3 is 6.18 Å². The summed E-state index contributed by atoms with van der Waals surface area (Å²) >= 11 is 0. The Balaban J connectivity index is 1.80. The van der Waals surface area contributed by atoms with E-state index in [0.29, 0.717) is 32.1 Å². The van der Waals surface area contributed by atoms with Gasteiger partial charge in [0.2, 0.25) is 5.43 Å². The van der Waals surface area contributed by atoms with Crippen LogP contribution in [0, 0.1) is 6.92 Å². The van der Waals surface area contributed by atoms with Crippen LogP contribution in [0.3, 0.4) is 0 Å². The van der Waals surface area contributed by atoms with Crippen LogP contribution in [0.5, 0.6) is 0 Å². The zero-order chi connectivity index (χ0) is 24.7. The SMILES string of the molecule is CCOCCOCc1cccc(NC(=O)c2nn(-c3cccc(C(F)(F)F)c3)c(C)cc2=O)c1. The van der Waals surface area contributed by atoms with E-state index in [4.69, 9.17) is 9.47 Å². The van der Waals surface area contributed by atoms with Crippen molar-refractivity contribution in [1.29, 1.82) is 0 Å². The summed E-state index contributed by atoms with van der Waals surface area (Å²) in [6.07, 6.45) is -4.54. The summed E-state index contributed by atoms with van der Waals surface area (Å²) in [7, 11) is 0. The Labute approximate surface area is 194 Å². The molecule has 0 aliphatic heterocycles. The van der Waals surface area contributed by atoms with Crippen molar-refractivity contribution in [3.63, 3.8) is 0 Å². The molecule has 10 heteroatoms. The van der Waals surface area contributed by atoms with Crippen LogP contribution in [0.2, 0.25) is 0 Å². The van der Waals surface area contributed by atoms with Gasteiger partial charge in [0.05, 0.1) is 31.1 Å². The highest BCUT2D eigenvalue weighted by Gasteiger charge is 2.30. The van der Waals surface area contributed by atoms with Crippen molar-refractivity contribution < 1.29 is 27.4 Å². The Bertz CT molecular complexity index is 1210. The molecule has 0 radical (unpaired) electrons. The average Bonchev–Trinajstić information content (AvgIpc) is 2.79. The first-order valence-electron chi connectivity index (χ1n) is 10.5. The minimum absolute atomic E-state index is 0.0765. The Hall–Kier alpha value is -3.50. The number of carbonyl (C=O) groups excluding carboxylic acids is 1. The van der Waals surface area contributed by atoms with Gasteiger partial charge in [-0.05, 0) is 49.7 Å². The average molecular weight is 475 g/mol. The zero-order valence-corrected chi connectivity index (χ0v) is 18.7. The van der Waals surface area contributed by atoms with Crippen LogP contribution in [0.15, 0.2) is 59.4 Å². The van der Waals surface area contributed by atoms with E-state index in [1.165, 1.54) is 19.1 Å². The van der Waals surface area contributed by atoms with E-state index in [2.05, 4.69) is 10.4 Å². The maximum Gasteiger partial charge on any atom is 0.416 e. The van der Waals surface area contributed by atoms with Crippen molar-refractivity contribution in [2.45, 2.75) is 26.6 Å². The summed E-state index contributed by atoms with van der Waals surface area (Å²) in [5.74, 6) is -0.778. The summed E-state index contributed by atoms with van der Waals surface area (Å²) in [5, 5.41) is 6.66. The number of halogens is 3. The molecule has 0 saturated heterocycles. The number of hydrogen-bond donors (Lipinski definition) is 1. The van der Waals surface area contributed by atoms with Crippen LogP contribution >= 0.6 is 0 Å². The fraction of sp³-hybridized carbons (Fsp3) is 0.292. The van der Waals surface area contributed by atoms with Crippen molar-refractivity contribution in [3.05, 3.63) is 87.3 Å². The highest BCUT2D eigenvalue weighted by Crippen LogP contribution is 2.30. The normalized spacial score (nSPS) is 11.4. The smallest absolute Gasteiger partial charge is 0.379 e. The first-order chi connectivity index (χ1) is 16.2. The van der Waals surface area contributed by atoms with Crippen molar-refractivity contribution in [2.24, 2.45) is 0 Å². The molecule has 1 N–H and O–H groups in total. The third-order valence-electron chi connectivity index (χ3n) is 4.77. The number of hydrogen-bond acceptors (Lipinski definition) is 5. The van der Waals surface area contributed by atoms with Gasteiger partial charge in [0, 0.05) is 24.1 Å². The van der Waals surface area contributed by atoms with Gasteiger partial charge in [-0.1, -0.05) is 18.2 Å². The third kappa shape index (κ3) is 6.52. The van der Waals surface area contributed by atoms with Crippen LogP contribution in [0.25, 0.3) is 5.69 Å². The third-order valence-corrected chi connectivity index (χ3v) is 4.77. The second-order valence-corrected chi connectivity index (χ2v) is 7.36. The molecular formula is C24H24F3N3O4. The molecule has 3 aromatic rings. The molecule has 1 aromatic heterocycles. The van der Waals surface area contributed by atoms with E-state index >= 15 is 0 Å². The molecule has 0 fully saturated rings. The van der Waals surface area contributed by atoms with Gasteiger partial charge < -0.3 is 14.8 Å². The van der Waals surface area contributed by atoms with Crippen LogP contribution in [0.4, 0.5) is 18.9 Å². The van der Waals surface area contributed by atoms with Gasteiger partial charge in [-0.2, -0.15) is 18.3 Å². The number of nitrogens with zero attached hydrogens (tertiary/aromatic N) is 2. The number of alkyl halides is 3. The Morgan fingerprint density at radius 3 is 2.53 bits per heavy atom. The molecule has 34 heavy (non-hydrogen) atoms. The summed E-state index contributed by atoms with van der Waals surface area (Å²) in [6, 6.07) is 12.5. The highest BCUT2D eigenvalue weighted by atomic mass is 19.4. The number of anilines is 1. The second-order valence-electron chi connectivity index (χ2n) is 7.36. The number of nitrogens with one attached hydrogen (secondary N) is 1. The number of benzene rings is 2. The van der Waals surface area contributed by atoms with Gasteiger partial charge in [0.25, 0.3) is 5.91 Å². The number of carbonyl (C=O) groups is 1. The lowest BCUT2D eigenvalue weighted by Gasteiger charge is -2.14. The van der Waals surface area contributed by atoms with Crippen molar-refractivity contribution in [3.8, 4) is 5.69 Å². The molecule has 1 amide bonds. The summed E-state index contributed by atoms with van der Waals surface area (Å²) in [4.78, 5) is 25.2. The standard InChI is InChI=1S/C24H24F3N3O4/c1-3-33-10-11-34-15-17-6-4-8-19(13-17)28-23(32)22-21(31)12-16(2)30(29-22)20-9-5-7-18(14-20)24(25,26)27/h4-9,12-14H,3,10-11,15H2,1-2H3,(H,28,32). The minimum Gasteiger partial charge on any atom is -0.379 e. The van der Waals surface area contributed by atoms with E-state index < -0.39 is 28.8 Å². The van der Waals surface area contributed by atoms with Crippen LogP contribution in [-0.2, 0) is 22.3 Å². The second kappa shape index (κ2) is 11.1. The zero-order valence-electron chi connectivity index (χ0n) is 18.7. The number of aromatic nitrogens is 2. The van der Waals surface area contributed by atoms with Crippen molar-refractivity contribution in [2.75, 3.05) is 25.1 Å². The lowest BCUT2D eigenvalue weighted by molar-refractivity contribution is -0.137. The molecule has 7 nitrogen and oxygen atoms in total. The van der Waals surface area contributed by atoms with E-state index in [-0.39, 0.29) is 11.4 Å². The van der Waals surface area contributed by atoms with Crippen LogP contribution in [-0.4, -0.2) is 35.5 Å². The van der Waals surface area contributed by atoms with Crippen molar-refractivity contribution in [1.82, 2.24) is 9.78 Å². The summed E-state index contributed by atoms with van der Waals surface area (Å²) < 4.78 is 51.2. The fourth-order valence-corrected chi connectivity index (χ4v) is 3.16. The summed E-state index contributed by atoms with van der Waals surface area (Å²) in [5.41, 5.74) is -0.373. The lowest BCUT2D eigenvalue weighted by atomic mass is 10.2. The first kappa shape index (κ1) is 25.1. The number of rotatable bonds is 9. The maximum absolute atomic E-state index is 13.1. The van der Waals surface area contributed by atoms with Gasteiger partial charge in [0.1, 0.15) is 0 Å². The largest absolute Gasteiger partial charge is 0.416 e. The van der Waals surface area contributed by atoms with Crippen LogP contribution in [0.1, 0.15) is 34.2 Å². The predicted molar refractivity (Wildman–Crippen MR) is 120 cm³/mol. The molecular weight excluding hydrogens is 451 g/mol. The van der Waals surface area contributed by atoms with E-state index in [0.717, 1.165) is 28.4 Å². The Morgan fingerprint density at radius 1 is 1.06 bits per heavy atom. The molecule has 0 atom stereocenters. The molecule has 180 valence electrons. The molecule has 2 aromatic carbocycles. The van der Waals surface area contributed by atoms with Crippen LogP contribution < -0.4 is 10.7 Å². The lowest BCUT2D eigenvalue weighted by Crippen LogP contribution is -2.27. The fourth-order valence-electron chi connectivity index (χ4n) is 3.16. The van der Waals surface area contributed by atoms with Gasteiger partial charge in [0.15, 0.2) is 5.69 Å². The predicted octanol–water partition coefficient (Wildman–Crippen LogP) is 4.37. The van der Waals surface area contributed by atoms with E-state index in [1.54, 1.807) is 18.2 Å². The van der Waals surface area contributed by atoms with Gasteiger partial charge in [-0.15, -0.1) is 0 Å². The molecule has 1 heterocycles. The Kier molecular flexibility index (Phi) is 8.19. The maximum atomic E-state index is 13.1. The molecule has 0 spiro atoms. The molecule has 0 saturated carbocycles. The van der Waals surface area contributed by atoms with E-state index in [9.17, 15) is 22.8 Å². The molecule has 0 unspecified atom stereocenters. The summed E-state index contributed by atoms with van der Waals surface area (Å²) in [6.45, 7) is 5.22. The first-order valence-corrected chi connectivity index (χ1v) is 10.5. The van der Waals surface area contributed by atoms with Gasteiger partial charge in [-0.25, -0.2) is 4.68 Å².